The number of imidazole rings is 1. The fraction of sp³-hybridized carbons (Fsp3) is 0.500. The molecule has 1 aliphatic rings. The number of carbonyl (C=O) groups excluding carboxylic acids is 1. The maximum atomic E-state index is 12.5. The molecule has 2 amide bonds. The molecule has 2 aromatic heterocycles. The summed E-state index contributed by atoms with van der Waals surface area (Å²) < 4.78 is 7.69. The second kappa shape index (κ2) is 7.55. The molecular formula is C18H25N5O2. The molecule has 0 fully saturated rings. The van der Waals surface area contributed by atoms with Gasteiger partial charge in [-0.25, -0.2) is 14.8 Å². The Morgan fingerprint density at radius 1 is 1.36 bits per heavy atom. The summed E-state index contributed by atoms with van der Waals surface area (Å²) in [7, 11) is 0. The van der Waals surface area contributed by atoms with Gasteiger partial charge in [-0.2, -0.15) is 0 Å². The molecule has 1 aliphatic heterocycles. The fourth-order valence-corrected chi connectivity index (χ4v) is 2.81. The van der Waals surface area contributed by atoms with Gasteiger partial charge >= 0.3 is 6.03 Å². The highest BCUT2D eigenvalue weighted by atomic mass is 16.5. The topological polar surface area (TPSA) is 72.3 Å². The van der Waals surface area contributed by atoms with Gasteiger partial charge in [-0.05, 0) is 18.9 Å². The summed E-state index contributed by atoms with van der Waals surface area (Å²) in [5.41, 5.74) is 2.88. The van der Waals surface area contributed by atoms with E-state index in [0.29, 0.717) is 37.2 Å². The van der Waals surface area contributed by atoms with Gasteiger partial charge in [-0.1, -0.05) is 13.8 Å². The minimum absolute atomic E-state index is 0.130. The van der Waals surface area contributed by atoms with Crippen LogP contribution in [-0.2, 0) is 19.5 Å². The summed E-state index contributed by atoms with van der Waals surface area (Å²) in [5.74, 6) is 1.01. The van der Waals surface area contributed by atoms with Crippen molar-refractivity contribution in [3.8, 4) is 5.88 Å². The van der Waals surface area contributed by atoms with Gasteiger partial charge in [0, 0.05) is 31.3 Å². The molecule has 2 aromatic rings. The Kier molecular flexibility index (Phi) is 5.21. The van der Waals surface area contributed by atoms with Gasteiger partial charge in [-0.3, -0.25) is 0 Å². The first-order chi connectivity index (χ1) is 12.1. The van der Waals surface area contributed by atoms with Crippen molar-refractivity contribution < 1.29 is 9.53 Å². The number of nitrogens with one attached hydrogen (secondary N) is 1. The molecule has 7 nitrogen and oxygen atoms in total. The van der Waals surface area contributed by atoms with E-state index in [1.54, 1.807) is 17.2 Å². The first-order valence-electron chi connectivity index (χ1n) is 8.74. The quantitative estimate of drug-likeness (QED) is 0.906. The Balaban J connectivity index is 1.57. The molecule has 0 radical (unpaired) electrons. The third kappa shape index (κ3) is 4.10. The van der Waals surface area contributed by atoms with Crippen molar-refractivity contribution in [2.24, 2.45) is 5.92 Å². The van der Waals surface area contributed by atoms with Crippen LogP contribution < -0.4 is 10.1 Å². The van der Waals surface area contributed by atoms with E-state index in [-0.39, 0.29) is 6.03 Å². The van der Waals surface area contributed by atoms with E-state index in [0.717, 1.165) is 18.7 Å². The van der Waals surface area contributed by atoms with Crippen molar-refractivity contribution in [3.63, 3.8) is 0 Å². The van der Waals surface area contributed by atoms with E-state index in [9.17, 15) is 4.79 Å². The summed E-state index contributed by atoms with van der Waals surface area (Å²) in [6.45, 7) is 9.03. The third-order valence-electron chi connectivity index (χ3n) is 4.17. The normalized spacial score (nSPS) is 13.7. The number of hydrogen-bond acceptors (Lipinski definition) is 4. The Morgan fingerprint density at radius 3 is 2.88 bits per heavy atom. The second-order valence-corrected chi connectivity index (χ2v) is 6.62. The van der Waals surface area contributed by atoms with Crippen LogP contribution in [0, 0.1) is 5.92 Å². The highest BCUT2D eigenvalue weighted by molar-refractivity contribution is 5.89. The minimum atomic E-state index is -0.130. The zero-order valence-electron chi connectivity index (χ0n) is 15.0. The highest BCUT2D eigenvalue weighted by Crippen LogP contribution is 2.19. The van der Waals surface area contributed by atoms with Crippen LogP contribution >= 0.6 is 0 Å². The van der Waals surface area contributed by atoms with Gasteiger partial charge in [0.25, 0.3) is 0 Å². The number of anilines is 1. The van der Waals surface area contributed by atoms with Gasteiger partial charge < -0.3 is 19.5 Å². The molecular weight excluding hydrogens is 318 g/mol. The lowest BCUT2D eigenvalue weighted by atomic mass is 10.1. The van der Waals surface area contributed by atoms with E-state index in [2.05, 4.69) is 40.6 Å². The van der Waals surface area contributed by atoms with Crippen LogP contribution in [0.4, 0.5) is 10.5 Å². The first-order valence-corrected chi connectivity index (χ1v) is 8.74. The van der Waals surface area contributed by atoms with Crippen molar-refractivity contribution in [1.82, 2.24) is 19.4 Å². The van der Waals surface area contributed by atoms with E-state index in [1.165, 1.54) is 5.69 Å². The van der Waals surface area contributed by atoms with Crippen molar-refractivity contribution >= 4 is 11.7 Å². The van der Waals surface area contributed by atoms with Crippen molar-refractivity contribution in [2.45, 2.75) is 40.3 Å². The fourth-order valence-electron chi connectivity index (χ4n) is 2.81. The Morgan fingerprint density at radius 2 is 2.20 bits per heavy atom. The van der Waals surface area contributed by atoms with Crippen molar-refractivity contribution in [3.05, 3.63) is 36.0 Å². The average Bonchev–Trinajstić information content (AvgIpc) is 3.03. The molecule has 0 unspecified atom stereocenters. The number of aromatic nitrogens is 3. The van der Waals surface area contributed by atoms with Crippen molar-refractivity contribution in [1.29, 1.82) is 0 Å². The van der Waals surface area contributed by atoms with Crippen LogP contribution in [0.25, 0.3) is 0 Å². The number of amides is 2. The number of urea groups is 1. The van der Waals surface area contributed by atoms with Crippen LogP contribution in [0.3, 0.4) is 0 Å². The summed E-state index contributed by atoms with van der Waals surface area (Å²) in [4.78, 5) is 22.9. The molecule has 3 heterocycles. The molecule has 3 rings (SSSR count). The Labute approximate surface area is 148 Å². The number of ether oxygens (including phenoxy) is 1. The van der Waals surface area contributed by atoms with Crippen LogP contribution in [0.1, 0.15) is 32.2 Å². The monoisotopic (exact) mass is 343 g/mol. The maximum absolute atomic E-state index is 12.5. The first kappa shape index (κ1) is 17.3. The standard InChI is InChI=1S/C18H25N5O2/c1-4-22-12-20-15-10-23(8-7-16(15)22)18(24)21-14-5-6-17(19-9-14)25-11-13(2)3/h5-6,9,12-13H,4,7-8,10-11H2,1-3H3,(H,21,24). The van der Waals surface area contributed by atoms with E-state index in [1.807, 2.05) is 12.4 Å². The van der Waals surface area contributed by atoms with Gasteiger partial charge in [0.2, 0.25) is 5.88 Å². The number of aryl methyl sites for hydroxylation is 1. The van der Waals surface area contributed by atoms with Gasteiger partial charge in [-0.15, -0.1) is 0 Å². The van der Waals surface area contributed by atoms with Crippen molar-refractivity contribution in [2.75, 3.05) is 18.5 Å². The van der Waals surface area contributed by atoms with Crippen LogP contribution in [0.2, 0.25) is 0 Å². The number of rotatable bonds is 5. The van der Waals surface area contributed by atoms with Gasteiger partial charge in [0.1, 0.15) is 0 Å². The summed E-state index contributed by atoms with van der Waals surface area (Å²) in [6, 6.07) is 3.45. The highest BCUT2D eigenvalue weighted by Gasteiger charge is 2.24. The molecule has 0 bridgehead atoms. The lowest BCUT2D eigenvalue weighted by molar-refractivity contribution is 0.205. The zero-order chi connectivity index (χ0) is 17.8. The lowest BCUT2D eigenvalue weighted by Gasteiger charge is -2.27. The zero-order valence-corrected chi connectivity index (χ0v) is 15.0. The van der Waals surface area contributed by atoms with Crippen LogP contribution in [-0.4, -0.2) is 38.6 Å². The molecule has 0 aliphatic carbocycles. The maximum Gasteiger partial charge on any atom is 0.322 e. The summed E-state index contributed by atoms with van der Waals surface area (Å²) >= 11 is 0. The third-order valence-corrected chi connectivity index (χ3v) is 4.17. The predicted octanol–water partition coefficient (Wildman–Crippen LogP) is 2.92. The van der Waals surface area contributed by atoms with E-state index >= 15 is 0 Å². The molecule has 134 valence electrons. The molecule has 0 atom stereocenters. The molecule has 7 heteroatoms. The molecule has 25 heavy (non-hydrogen) atoms. The Hall–Kier alpha value is -2.57. The van der Waals surface area contributed by atoms with Gasteiger partial charge in [0.15, 0.2) is 0 Å². The average molecular weight is 343 g/mol. The second-order valence-electron chi connectivity index (χ2n) is 6.62. The smallest absolute Gasteiger partial charge is 0.322 e. The number of carbonyl (C=O) groups is 1. The number of fused-ring (bicyclic) bond motifs is 1. The van der Waals surface area contributed by atoms with Crippen LogP contribution in [0.15, 0.2) is 24.7 Å². The van der Waals surface area contributed by atoms with Crippen LogP contribution in [0.5, 0.6) is 5.88 Å². The predicted molar refractivity (Wildman–Crippen MR) is 95.6 cm³/mol. The molecule has 1 N–H and O–H groups in total. The molecule has 0 spiro atoms. The molecule has 0 saturated carbocycles. The van der Waals surface area contributed by atoms with E-state index in [4.69, 9.17) is 4.74 Å². The number of hydrogen-bond donors (Lipinski definition) is 1. The SMILES string of the molecule is CCn1cnc2c1CCN(C(=O)Nc1ccc(OCC(C)C)nc1)C2. The van der Waals surface area contributed by atoms with E-state index < -0.39 is 0 Å². The summed E-state index contributed by atoms with van der Waals surface area (Å²) in [6.07, 6.45) is 4.30. The summed E-state index contributed by atoms with van der Waals surface area (Å²) in [5, 5.41) is 2.89. The Bertz CT molecular complexity index is 724. The molecule has 0 aromatic carbocycles. The molecule has 0 saturated heterocycles. The lowest BCUT2D eigenvalue weighted by Crippen LogP contribution is -2.39. The minimum Gasteiger partial charge on any atom is -0.477 e. The largest absolute Gasteiger partial charge is 0.477 e. The number of nitrogens with zero attached hydrogens (tertiary/aromatic N) is 4. The number of pyridine rings is 1. The van der Waals surface area contributed by atoms with Gasteiger partial charge in [0.05, 0.1) is 37.1 Å².